The van der Waals surface area contributed by atoms with E-state index in [0.717, 1.165) is 26.7 Å². The predicted molar refractivity (Wildman–Crippen MR) is 89.9 cm³/mol. The summed E-state index contributed by atoms with van der Waals surface area (Å²) >= 11 is 13.1. The Hall–Kier alpha value is -0.510. The van der Waals surface area contributed by atoms with Crippen molar-refractivity contribution in [2.24, 2.45) is 0 Å². The molecule has 0 aliphatic heterocycles. The van der Waals surface area contributed by atoms with E-state index >= 15 is 0 Å². The van der Waals surface area contributed by atoms with E-state index in [1.54, 1.807) is 0 Å². The van der Waals surface area contributed by atoms with E-state index < -0.39 is 0 Å². The highest BCUT2D eigenvalue weighted by molar-refractivity contribution is 9.10. The third-order valence-electron chi connectivity index (χ3n) is 2.96. The number of hydrogen-bond acceptors (Lipinski definition) is 1. The van der Waals surface area contributed by atoms with Crippen molar-refractivity contribution in [3.05, 3.63) is 62.5 Å². The molecule has 1 nitrogen and oxygen atoms in total. The number of hydrogen-bond donors (Lipinski definition) is 0. The van der Waals surface area contributed by atoms with Crippen LogP contribution in [0.25, 0.3) is 0 Å². The van der Waals surface area contributed by atoms with Crippen molar-refractivity contribution >= 4 is 49.1 Å². The summed E-state index contributed by atoms with van der Waals surface area (Å²) in [6, 6.07) is 14.5. The van der Waals surface area contributed by atoms with Gasteiger partial charge >= 0.3 is 0 Å². The van der Waals surface area contributed by atoms with Crippen molar-refractivity contribution in [3.8, 4) is 0 Å². The molecule has 2 aromatic rings. The number of nitrogens with zero attached hydrogens (tertiary/aromatic N) is 1. The molecule has 0 bridgehead atoms. The van der Waals surface area contributed by atoms with E-state index in [1.807, 2.05) is 12.1 Å². The Morgan fingerprint density at radius 1 is 1.05 bits per heavy atom. The average Bonchev–Trinajstić information content (AvgIpc) is 2.41. The fourth-order valence-electron chi connectivity index (χ4n) is 2.00. The van der Waals surface area contributed by atoms with Gasteiger partial charge < -0.3 is 4.90 Å². The topological polar surface area (TPSA) is 3.24 Å². The molecule has 4 heteroatoms. The summed E-state index contributed by atoms with van der Waals surface area (Å²) in [6.07, 6.45) is 0. The Morgan fingerprint density at radius 2 is 1.79 bits per heavy atom. The van der Waals surface area contributed by atoms with Crippen molar-refractivity contribution in [3.63, 3.8) is 0 Å². The molecule has 0 N–H and O–H groups in total. The van der Waals surface area contributed by atoms with E-state index in [1.165, 1.54) is 5.56 Å². The Morgan fingerprint density at radius 3 is 2.47 bits per heavy atom. The molecule has 0 spiro atoms. The normalized spacial score (nSPS) is 10.5. The molecule has 0 radical (unpaired) electrons. The second-order valence-corrected chi connectivity index (χ2v) is 6.39. The highest BCUT2D eigenvalue weighted by Crippen LogP contribution is 2.27. The maximum atomic E-state index is 6.03. The molecule has 0 amide bonds. The second kappa shape index (κ2) is 6.78. The summed E-state index contributed by atoms with van der Waals surface area (Å²) in [6.45, 7) is 0.840. The standard InChI is InChI=1S/C15H14Br2ClN/c1-19(10-11-4-2-3-5-14(11)17)15-7-6-13(16)8-12(15)9-18/h2-8H,9-10H2,1H3. The van der Waals surface area contributed by atoms with Gasteiger partial charge in [0.1, 0.15) is 0 Å². The first-order chi connectivity index (χ1) is 9.11. The molecule has 0 aromatic heterocycles. The minimum atomic E-state index is 0.509. The van der Waals surface area contributed by atoms with Crippen LogP contribution in [-0.2, 0) is 12.4 Å². The first-order valence-corrected chi connectivity index (χ1v) is 8.03. The number of anilines is 1. The molecule has 2 rings (SSSR count). The van der Waals surface area contributed by atoms with Crippen LogP contribution in [0.1, 0.15) is 11.1 Å². The summed E-state index contributed by atoms with van der Waals surface area (Å²) in [4.78, 5) is 2.21. The maximum Gasteiger partial charge on any atom is 0.0494 e. The van der Waals surface area contributed by atoms with Gasteiger partial charge in [-0.3, -0.25) is 0 Å². The van der Waals surface area contributed by atoms with Gasteiger partial charge in [0.2, 0.25) is 0 Å². The molecular weight excluding hydrogens is 389 g/mol. The van der Waals surface area contributed by atoms with Crippen molar-refractivity contribution in [1.29, 1.82) is 0 Å². The Labute approximate surface area is 135 Å². The second-order valence-electron chi connectivity index (χ2n) is 4.35. The van der Waals surface area contributed by atoms with Gasteiger partial charge in [-0.25, -0.2) is 0 Å². The molecule has 19 heavy (non-hydrogen) atoms. The van der Waals surface area contributed by atoms with Crippen LogP contribution in [-0.4, -0.2) is 7.05 Å². The molecule has 0 heterocycles. The SMILES string of the molecule is CN(Cc1ccccc1Br)c1ccc(Br)cc1CCl. The van der Waals surface area contributed by atoms with Gasteiger partial charge in [-0.15, -0.1) is 11.6 Å². The molecule has 0 aliphatic rings. The quantitative estimate of drug-likeness (QED) is 0.602. The van der Waals surface area contributed by atoms with Crippen molar-refractivity contribution in [1.82, 2.24) is 0 Å². The van der Waals surface area contributed by atoms with Crippen molar-refractivity contribution in [2.45, 2.75) is 12.4 Å². The van der Waals surface area contributed by atoms with E-state index in [2.05, 4.69) is 74.1 Å². The molecule has 2 aromatic carbocycles. The zero-order valence-corrected chi connectivity index (χ0v) is 14.5. The van der Waals surface area contributed by atoms with Crippen molar-refractivity contribution < 1.29 is 0 Å². The summed E-state index contributed by atoms with van der Waals surface area (Å²) in [5.74, 6) is 0.509. The van der Waals surface area contributed by atoms with Crippen molar-refractivity contribution in [2.75, 3.05) is 11.9 Å². The van der Waals surface area contributed by atoms with Gasteiger partial charge in [0.05, 0.1) is 0 Å². The number of benzene rings is 2. The number of alkyl halides is 1. The summed E-state index contributed by atoms with van der Waals surface area (Å²) < 4.78 is 2.19. The highest BCUT2D eigenvalue weighted by Gasteiger charge is 2.09. The monoisotopic (exact) mass is 401 g/mol. The van der Waals surface area contributed by atoms with Crippen LogP contribution in [0.15, 0.2) is 51.4 Å². The van der Waals surface area contributed by atoms with Gasteiger partial charge in [-0.2, -0.15) is 0 Å². The fraction of sp³-hybridized carbons (Fsp3) is 0.200. The molecule has 0 saturated heterocycles. The lowest BCUT2D eigenvalue weighted by Crippen LogP contribution is -2.18. The molecule has 0 aliphatic carbocycles. The Kier molecular flexibility index (Phi) is 5.31. The van der Waals surface area contributed by atoms with E-state index in [4.69, 9.17) is 11.6 Å². The minimum absolute atomic E-state index is 0.509. The van der Waals surface area contributed by atoms with Gasteiger partial charge in [0.25, 0.3) is 0 Å². The largest absolute Gasteiger partial charge is 0.370 e. The zero-order chi connectivity index (χ0) is 13.8. The minimum Gasteiger partial charge on any atom is -0.370 e. The van der Waals surface area contributed by atoms with Crippen LogP contribution in [0.5, 0.6) is 0 Å². The van der Waals surface area contributed by atoms with E-state index in [0.29, 0.717) is 5.88 Å². The third kappa shape index (κ3) is 3.74. The lowest BCUT2D eigenvalue weighted by molar-refractivity contribution is 0.911. The van der Waals surface area contributed by atoms with Gasteiger partial charge in [0.15, 0.2) is 0 Å². The van der Waals surface area contributed by atoms with Crippen LogP contribution >= 0.6 is 43.5 Å². The Bertz CT molecular complexity index is 572. The molecule has 0 atom stereocenters. The number of halogens is 3. The summed E-state index contributed by atoms with van der Waals surface area (Å²) in [5.41, 5.74) is 3.55. The lowest BCUT2D eigenvalue weighted by atomic mass is 10.1. The molecule has 0 saturated carbocycles. The van der Waals surface area contributed by atoms with Gasteiger partial charge in [0, 0.05) is 34.1 Å². The molecule has 0 unspecified atom stereocenters. The van der Waals surface area contributed by atoms with Gasteiger partial charge in [-0.1, -0.05) is 50.1 Å². The van der Waals surface area contributed by atoms with E-state index in [-0.39, 0.29) is 0 Å². The van der Waals surface area contributed by atoms with E-state index in [9.17, 15) is 0 Å². The van der Waals surface area contributed by atoms with Crippen LogP contribution in [0.3, 0.4) is 0 Å². The summed E-state index contributed by atoms with van der Waals surface area (Å²) in [5, 5.41) is 0. The summed E-state index contributed by atoms with van der Waals surface area (Å²) in [7, 11) is 2.08. The van der Waals surface area contributed by atoms with Crippen LogP contribution in [0, 0.1) is 0 Å². The first kappa shape index (κ1) is 14.9. The third-order valence-corrected chi connectivity index (χ3v) is 4.52. The Balaban J connectivity index is 2.25. The maximum absolute atomic E-state index is 6.03. The van der Waals surface area contributed by atoms with Crippen LogP contribution in [0.4, 0.5) is 5.69 Å². The highest BCUT2D eigenvalue weighted by atomic mass is 79.9. The van der Waals surface area contributed by atoms with Gasteiger partial charge in [-0.05, 0) is 35.4 Å². The van der Waals surface area contributed by atoms with Crippen LogP contribution in [0.2, 0.25) is 0 Å². The molecule has 100 valence electrons. The molecule has 0 fully saturated rings. The zero-order valence-electron chi connectivity index (χ0n) is 10.5. The smallest absolute Gasteiger partial charge is 0.0494 e. The fourth-order valence-corrected chi connectivity index (χ4v) is 3.03. The molecular formula is C15H14Br2ClN. The van der Waals surface area contributed by atoms with Crippen LogP contribution < -0.4 is 4.90 Å². The first-order valence-electron chi connectivity index (χ1n) is 5.90. The average molecular weight is 404 g/mol. The predicted octanol–water partition coefficient (Wildman–Crippen LogP) is 5.59. The lowest BCUT2D eigenvalue weighted by Gasteiger charge is -2.23. The number of rotatable bonds is 4.